The van der Waals surface area contributed by atoms with E-state index in [-0.39, 0.29) is 43.7 Å². The van der Waals surface area contributed by atoms with Crippen LogP contribution in [0.25, 0.3) is 0 Å². The van der Waals surface area contributed by atoms with Crippen LogP contribution in [-0.4, -0.2) is 88.7 Å². The van der Waals surface area contributed by atoms with Gasteiger partial charge in [0.1, 0.15) is 6.04 Å². The number of aliphatic hydroxyl groups excluding tert-OH is 1. The first kappa shape index (κ1) is 27.4. The lowest BCUT2D eigenvalue weighted by atomic mass is 9.90. The minimum Gasteiger partial charge on any atom is -0.391 e. The second-order valence-electron chi connectivity index (χ2n) is 9.99. The highest BCUT2D eigenvalue weighted by Gasteiger charge is 2.52. The van der Waals surface area contributed by atoms with E-state index in [1.165, 1.54) is 21.6 Å². The van der Waals surface area contributed by atoms with Gasteiger partial charge >= 0.3 is 12.2 Å². The standard InChI is InChI=1S/C24H29ClF4N4O4/c1-14-20(35)31(8-4-18(26)21(36)32-9-7-23(5-6-23)19(34)13-32)10-11-33(14)22(37)30-15-2-3-16(17(25)12-15)24(27,28)29/h2-3,12,14,18-19,34H,4-11,13H2,1H3,(H,30,37)/t14-,18?,19+/m0/s1. The first-order valence-corrected chi connectivity index (χ1v) is 12.5. The van der Waals surface area contributed by atoms with E-state index in [1.807, 2.05) is 0 Å². The van der Waals surface area contributed by atoms with Crippen LogP contribution in [0.1, 0.15) is 38.2 Å². The monoisotopic (exact) mass is 548 g/mol. The summed E-state index contributed by atoms with van der Waals surface area (Å²) in [6.07, 6.45) is -4.77. The van der Waals surface area contributed by atoms with Gasteiger partial charge in [-0.05, 0) is 49.8 Å². The number of hydrogen-bond donors (Lipinski definition) is 2. The number of alkyl halides is 4. The summed E-state index contributed by atoms with van der Waals surface area (Å²) < 4.78 is 53.4. The second kappa shape index (κ2) is 10.3. The Morgan fingerprint density at radius 1 is 1.22 bits per heavy atom. The Balaban J connectivity index is 1.27. The van der Waals surface area contributed by atoms with Gasteiger partial charge in [-0.15, -0.1) is 0 Å². The van der Waals surface area contributed by atoms with Crippen LogP contribution in [0.15, 0.2) is 18.2 Å². The molecular weight excluding hydrogens is 520 g/mol. The van der Waals surface area contributed by atoms with Crippen molar-refractivity contribution < 1.29 is 37.1 Å². The van der Waals surface area contributed by atoms with Gasteiger partial charge in [0.15, 0.2) is 6.17 Å². The second-order valence-corrected chi connectivity index (χ2v) is 10.4. The van der Waals surface area contributed by atoms with E-state index in [4.69, 9.17) is 11.6 Å². The van der Waals surface area contributed by atoms with Crippen LogP contribution < -0.4 is 5.32 Å². The fourth-order valence-corrected chi connectivity index (χ4v) is 5.29. The van der Waals surface area contributed by atoms with E-state index in [1.54, 1.807) is 0 Å². The molecule has 2 heterocycles. The molecule has 3 atom stereocenters. The summed E-state index contributed by atoms with van der Waals surface area (Å²) >= 11 is 5.69. The van der Waals surface area contributed by atoms with E-state index in [9.17, 15) is 37.1 Å². The van der Waals surface area contributed by atoms with Crippen molar-refractivity contribution in [1.82, 2.24) is 14.7 Å². The predicted octanol–water partition coefficient (Wildman–Crippen LogP) is 3.53. The van der Waals surface area contributed by atoms with Crippen molar-refractivity contribution in [3.63, 3.8) is 0 Å². The zero-order valence-corrected chi connectivity index (χ0v) is 21.0. The van der Waals surface area contributed by atoms with E-state index in [2.05, 4.69) is 5.32 Å². The summed E-state index contributed by atoms with van der Waals surface area (Å²) in [7, 11) is 0. The van der Waals surface area contributed by atoms with E-state index >= 15 is 0 Å². The van der Waals surface area contributed by atoms with Gasteiger partial charge in [-0.1, -0.05) is 11.6 Å². The summed E-state index contributed by atoms with van der Waals surface area (Å²) in [6, 6.07) is 1.22. The number of hydrogen-bond acceptors (Lipinski definition) is 4. The number of anilines is 1. The number of nitrogens with zero attached hydrogens (tertiary/aromatic N) is 3. The number of halogens is 5. The molecule has 2 N–H and O–H groups in total. The number of piperazine rings is 1. The number of likely N-dealkylation sites (tertiary alicyclic amines) is 1. The maximum absolute atomic E-state index is 14.7. The zero-order valence-electron chi connectivity index (χ0n) is 20.2. The van der Waals surface area contributed by atoms with Crippen molar-refractivity contribution in [2.75, 3.05) is 38.0 Å². The lowest BCUT2D eigenvalue weighted by molar-refractivity contribution is -0.144. The topological polar surface area (TPSA) is 93.2 Å². The molecule has 13 heteroatoms. The molecule has 1 saturated carbocycles. The van der Waals surface area contributed by atoms with Crippen molar-refractivity contribution in [3.8, 4) is 0 Å². The van der Waals surface area contributed by atoms with E-state index < -0.39 is 52.9 Å². The third-order valence-corrected chi connectivity index (χ3v) is 7.95. The lowest BCUT2D eigenvalue weighted by Gasteiger charge is -2.39. The largest absolute Gasteiger partial charge is 0.417 e. The van der Waals surface area contributed by atoms with Gasteiger partial charge in [0, 0.05) is 44.8 Å². The Morgan fingerprint density at radius 2 is 1.92 bits per heavy atom. The van der Waals surface area contributed by atoms with Crippen LogP contribution in [0.5, 0.6) is 0 Å². The zero-order chi connectivity index (χ0) is 27.1. The maximum Gasteiger partial charge on any atom is 0.417 e. The summed E-state index contributed by atoms with van der Waals surface area (Å²) in [6.45, 7) is 2.22. The molecule has 1 aromatic carbocycles. The number of benzene rings is 1. The highest BCUT2D eigenvalue weighted by Crippen LogP contribution is 2.53. The number of piperidine rings is 1. The Labute approximate surface area is 216 Å². The highest BCUT2D eigenvalue weighted by molar-refractivity contribution is 6.31. The Bertz CT molecular complexity index is 1070. The number of carbonyl (C=O) groups is 3. The molecule has 3 fully saturated rings. The van der Waals surface area contributed by atoms with E-state index in [0.717, 1.165) is 31.0 Å². The van der Waals surface area contributed by atoms with Crippen molar-refractivity contribution in [2.45, 2.75) is 57.1 Å². The maximum atomic E-state index is 14.7. The summed E-state index contributed by atoms with van der Waals surface area (Å²) in [5.74, 6) is -1.13. The smallest absolute Gasteiger partial charge is 0.391 e. The SMILES string of the molecule is C[C@H]1C(=O)N(CCC(F)C(=O)N2CCC3(CC3)[C@H](O)C2)CCN1C(=O)Nc1ccc(C(F)(F)F)c(Cl)c1. The Kier molecular flexibility index (Phi) is 7.62. The van der Waals surface area contributed by atoms with Crippen LogP contribution in [0.2, 0.25) is 5.02 Å². The average molecular weight is 549 g/mol. The Hall–Kier alpha value is -2.60. The lowest BCUT2D eigenvalue weighted by Crippen LogP contribution is -2.58. The molecule has 1 aliphatic carbocycles. The van der Waals surface area contributed by atoms with Gasteiger partial charge in [0.05, 0.1) is 16.7 Å². The minimum absolute atomic E-state index is 0.0135. The number of nitrogens with one attached hydrogen (secondary N) is 1. The first-order chi connectivity index (χ1) is 17.3. The van der Waals surface area contributed by atoms with Crippen LogP contribution in [0, 0.1) is 5.41 Å². The van der Waals surface area contributed by atoms with Gasteiger partial charge in [0.2, 0.25) is 5.91 Å². The van der Waals surface area contributed by atoms with Gasteiger partial charge in [-0.25, -0.2) is 9.18 Å². The van der Waals surface area contributed by atoms with Crippen molar-refractivity contribution >= 4 is 35.1 Å². The average Bonchev–Trinajstić information content (AvgIpc) is 3.61. The number of carbonyl (C=O) groups excluding carboxylic acids is 3. The third kappa shape index (κ3) is 5.79. The molecule has 1 aromatic rings. The predicted molar refractivity (Wildman–Crippen MR) is 127 cm³/mol. The molecule has 3 aliphatic rings. The summed E-state index contributed by atoms with van der Waals surface area (Å²) in [5.41, 5.74) is -1.09. The number of amides is 4. The molecule has 2 aliphatic heterocycles. The molecular formula is C24H29ClF4N4O4. The molecule has 4 amide bonds. The number of urea groups is 1. The fraction of sp³-hybridized carbons (Fsp3) is 0.625. The molecule has 0 bridgehead atoms. The Morgan fingerprint density at radius 3 is 2.51 bits per heavy atom. The van der Waals surface area contributed by atoms with E-state index in [0.29, 0.717) is 13.0 Å². The van der Waals surface area contributed by atoms with Gasteiger partial charge < -0.3 is 25.1 Å². The van der Waals surface area contributed by atoms with Crippen molar-refractivity contribution in [1.29, 1.82) is 0 Å². The number of β-amino-alcohol motifs (C(OH)–C–C–N with tert-alkyl or cyclic N) is 1. The van der Waals surface area contributed by atoms with Crippen LogP contribution in [0.3, 0.4) is 0 Å². The number of aliphatic hydroxyl groups is 1. The molecule has 1 spiro atoms. The molecule has 1 unspecified atom stereocenters. The number of rotatable bonds is 5. The first-order valence-electron chi connectivity index (χ1n) is 12.2. The molecule has 2 saturated heterocycles. The highest BCUT2D eigenvalue weighted by atomic mass is 35.5. The quantitative estimate of drug-likeness (QED) is 0.551. The molecule has 8 nitrogen and oxygen atoms in total. The van der Waals surface area contributed by atoms with Crippen LogP contribution >= 0.6 is 11.6 Å². The molecule has 0 radical (unpaired) electrons. The minimum atomic E-state index is -4.63. The van der Waals surface area contributed by atoms with Gasteiger partial charge in [-0.2, -0.15) is 13.2 Å². The van der Waals surface area contributed by atoms with Crippen LogP contribution in [0.4, 0.5) is 28.0 Å². The molecule has 4 rings (SSSR count). The summed E-state index contributed by atoms with van der Waals surface area (Å²) in [4.78, 5) is 42.0. The van der Waals surface area contributed by atoms with Crippen molar-refractivity contribution in [2.24, 2.45) is 5.41 Å². The third-order valence-electron chi connectivity index (χ3n) is 7.64. The molecule has 37 heavy (non-hydrogen) atoms. The van der Waals surface area contributed by atoms with Crippen molar-refractivity contribution in [3.05, 3.63) is 28.8 Å². The summed E-state index contributed by atoms with van der Waals surface area (Å²) in [5, 5.41) is 12.1. The molecule has 204 valence electrons. The van der Waals surface area contributed by atoms with Gasteiger partial charge in [0.25, 0.3) is 5.91 Å². The van der Waals surface area contributed by atoms with Gasteiger partial charge in [-0.3, -0.25) is 9.59 Å². The fourth-order valence-electron chi connectivity index (χ4n) is 5.00. The molecule has 0 aromatic heterocycles. The van der Waals surface area contributed by atoms with Crippen LogP contribution in [-0.2, 0) is 15.8 Å². The normalized spacial score (nSPS) is 24.3.